The van der Waals surface area contributed by atoms with Gasteiger partial charge in [0.25, 0.3) is 5.91 Å². The van der Waals surface area contributed by atoms with Gasteiger partial charge in [0.05, 0.1) is 0 Å². The van der Waals surface area contributed by atoms with Gasteiger partial charge < -0.3 is 9.80 Å². The molecule has 1 aliphatic rings. The summed E-state index contributed by atoms with van der Waals surface area (Å²) in [5.41, 5.74) is -0.152. The van der Waals surface area contributed by atoms with Crippen molar-refractivity contribution < 1.29 is 18.0 Å². The van der Waals surface area contributed by atoms with E-state index in [0.717, 1.165) is 31.8 Å². The van der Waals surface area contributed by atoms with Crippen LogP contribution in [-0.4, -0.2) is 48.4 Å². The maximum Gasteiger partial charge on any atom is 0.254 e. The summed E-state index contributed by atoms with van der Waals surface area (Å²) in [6, 6.07) is 1.49. The van der Waals surface area contributed by atoms with E-state index in [1.54, 1.807) is 0 Å². The van der Waals surface area contributed by atoms with E-state index in [4.69, 9.17) is 0 Å². The quantitative estimate of drug-likeness (QED) is 0.767. The number of hydrogen-bond donors (Lipinski definition) is 0. The second-order valence-electron chi connectivity index (χ2n) is 4.48. The summed E-state index contributed by atoms with van der Waals surface area (Å²) in [4.78, 5) is 15.8. The molecule has 0 bridgehead atoms. The summed E-state index contributed by atoms with van der Waals surface area (Å²) >= 11 is 0. The van der Waals surface area contributed by atoms with Crippen molar-refractivity contribution in [2.75, 3.05) is 32.7 Å². The van der Waals surface area contributed by atoms with Gasteiger partial charge in [0, 0.05) is 31.7 Å². The Morgan fingerprint density at radius 2 is 1.63 bits per heavy atom. The fraction of sp³-hybridized carbons (Fsp3) is 0.462. The van der Waals surface area contributed by atoms with Crippen LogP contribution in [-0.2, 0) is 0 Å². The molecule has 1 saturated heterocycles. The molecule has 2 rings (SSSR count). The first-order valence-electron chi connectivity index (χ1n) is 6.19. The van der Waals surface area contributed by atoms with Gasteiger partial charge in [0.1, 0.15) is 0 Å². The molecule has 0 radical (unpaired) electrons. The van der Waals surface area contributed by atoms with Crippen LogP contribution in [0.3, 0.4) is 0 Å². The molecule has 0 aliphatic carbocycles. The van der Waals surface area contributed by atoms with Crippen LogP contribution < -0.4 is 0 Å². The zero-order valence-electron chi connectivity index (χ0n) is 10.6. The largest absolute Gasteiger partial charge is 0.336 e. The highest BCUT2D eigenvalue weighted by Crippen LogP contribution is 2.16. The van der Waals surface area contributed by atoms with E-state index in [-0.39, 0.29) is 5.56 Å². The Balaban J connectivity index is 2.12. The van der Waals surface area contributed by atoms with Crippen LogP contribution in [0.2, 0.25) is 0 Å². The fourth-order valence-electron chi connectivity index (χ4n) is 2.13. The van der Waals surface area contributed by atoms with E-state index >= 15 is 0 Å². The molecular weight excluding hydrogens is 257 g/mol. The van der Waals surface area contributed by atoms with E-state index in [1.807, 2.05) is 6.92 Å². The van der Waals surface area contributed by atoms with Crippen LogP contribution in [0.1, 0.15) is 17.3 Å². The minimum atomic E-state index is -1.55. The van der Waals surface area contributed by atoms with Gasteiger partial charge in [-0.1, -0.05) is 6.92 Å². The molecule has 3 nitrogen and oxygen atoms in total. The normalized spacial score (nSPS) is 16.7. The van der Waals surface area contributed by atoms with Crippen LogP contribution in [0, 0.1) is 17.5 Å². The third-order valence-corrected chi connectivity index (χ3v) is 3.34. The molecule has 0 unspecified atom stereocenters. The number of likely N-dealkylation sites (N-methyl/N-ethyl adjacent to an activating group) is 1. The third kappa shape index (κ3) is 2.89. The lowest BCUT2D eigenvalue weighted by Crippen LogP contribution is -2.48. The zero-order valence-corrected chi connectivity index (χ0v) is 10.6. The maximum atomic E-state index is 13.1. The average Bonchev–Trinajstić information content (AvgIpc) is 2.43. The predicted molar refractivity (Wildman–Crippen MR) is 64.3 cm³/mol. The second-order valence-corrected chi connectivity index (χ2v) is 4.48. The van der Waals surface area contributed by atoms with Crippen LogP contribution in [0.25, 0.3) is 0 Å². The first kappa shape index (κ1) is 13.9. The highest BCUT2D eigenvalue weighted by molar-refractivity contribution is 5.94. The Bertz CT molecular complexity index is 462. The lowest BCUT2D eigenvalue weighted by molar-refractivity contribution is 0.0642. The molecule has 1 heterocycles. The average molecular weight is 272 g/mol. The van der Waals surface area contributed by atoms with Gasteiger partial charge in [0.2, 0.25) is 0 Å². The number of amides is 1. The van der Waals surface area contributed by atoms with Crippen molar-refractivity contribution in [2.45, 2.75) is 6.92 Å². The summed E-state index contributed by atoms with van der Waals surface area (Å²) in [5.74, 6) is -4.69. The predicted octanol–water partition coefficient (Wildman–Crippen LogP) is 1.88. The molecule has 0 aromatic heterocycles. The van der Waals surface area contributed by atoms with Gasteiger partial charge in [-0.15, -0.1) is 0 Å². The highest BCUT2D eigenvalue weighted by atomic mass is 19.2. The van der Waals surface area contributed by atoms with E-state index in [9.17, 15) is 18.0 Å². The molecule has 1 fully saturated rings. The summed E-state index contributed by atoms with van der Waals surface area (Å²) in [6.07, 6.45) is 0. The number of benzene rings is 1. The topological polar surface area (TPSA) is 23.6 Å². The standard InChI is InChI=1S/C13H15F3N2O/c1-2-17-3-5-18(6-4-17)13(19)9-7-10(14)12(16)11(15)8-9/h7-8H,2-6H2,1H3. The van der Waals surface area contributed by atoms with Gasteiger partial charge in [-0.25, -0.2) is 13.2 Å². The van der Waals surface area contributed by atoms with Crippen molar-refractivity contribution >= 4 is 5.91 Å². The summed E-state index contributed by atoms with van der Waals surface area (Å²) in [7, 11) is 0. The lowest BCUT2D eigenvalue weighted by atomic mass is 10.1. The minimum Gasteiger partial charge on any atom is -0.336 e. The molecule has 0 saturated carbocycles. The van der Waals surface area contributed by atoms with Crippen molar-refractivity contribution in [1.29, 1.82) is 0 Å². The molecule has 1 amide bonds. The number of piperazine rings is 1. The Labute approximate surface area is 109 Å². The first-order chi connectivity index (χ1) is 9.02. The number of nitrogens with zero attached hydrogens (tertiary/aromatic N) is 2. The van der Waals surface area contributed by atoms with Gasteiger partial charge in [0.15, 0.2) is 17.5 Å². The van der Waals surface area contributed by atoms with Crippen molar-refractivity contribution in [3.05, 3.63) is 35.1 Å². The van der Waals surface area contributed by atoms with E-state index in [2.05, 4.69) is 4.90 Å². The zero-order chi connectivity index (χ0) is 14.0. The number of hydrogen-bond acceptors (Lipinski definition) is 2. The van der Waals surface area contributed by atoms with E-state index in [1.165, 1.54) is 4.90 Å². The third-order valence-electron chi connectivity index (χ3n) is 3.34. The lowest BCUT2D eigenvalue weighted by Gasteiger charge is -2.34. The number of carbonyl (C=O) groups excluding carboxylic acids is 1. The SMILES string of the molecule is CCN1CCN(C(=O)c2cc(F)c(F)c(F)c2)CC1. The van der Waals surface area contributed by atoms with Crippen LogP contribution >= 0.6 is 0 Å². The monoisotopic (exact) mass is 272 g/mol. The Kier molecular flexibility index (Phi) is 4.09. The maximum absolute atomic E-state index is 13.1. The van der Waals surface area contributed by atoms with E-state index in [0.29, 0.717) is 13.1 Å². The Hall–Kier alpha value is -1.56. The van der Waals surface area contributed by atoms with Crippen molar-refractivity contribution in [3.8, 4) is 0 Å². The molecule has 19 heavy (non-hydrogen) atoms. The van der Waals surface area contributed by atoms with Crippen molar-refractivity contribution in [2.24, 2.45) is 0 Å². The summed E-state index contributed by atoms with van der Waals surface area (Å²) in [5, 5.41) is 0. The van der Waals surface area contributed by atoms with Crippen molar-refractivity contribution in [3.63, 3.8) is 0 Å². The van der Waals surface area contributed by atoms with Crippen LogP contribution in [0.4, 0.5) is 13.2 Å². The van der Waals surface area contributed by atoms with Gasteiger partial charge in [-0.3, -0.25) is 4.79 Å². The molecule has 6 heteroatoms. The number of rotatable bonds is 2. The van der Waals surface area contributed by atoms with Gasteiger partial charge in [-0.05, 0) is 18.7 Å². The van der Waals surface area contributed by atoms with Crippen molar-refractivity contribution in [1.82, 2.24) is 9.80 Å². The van der Waals surface area contributed by atoms with Gasteiger partial charge in [-0.2, -0.15) is 0 Å². The molecular formula is C13H15F3N2O. The first-order valence-corrected chi connectivity index (χ1v) is 6.19. The van der Waals surface area contributed by atoms with E-state index < -0.39 is 23.4 Å². The second kappa shape index (κ2) is 5.61. The van der Waals surface area contributed by atoms with Crippen LogP contribution in [0.5, 0.6) is 0 Å². The smallest absolute Gasteiger partial charge is 0.254 e. The minimum absolute atomic E-state index is 0.152. The molecule has 1 aromatic rings. The summed E-state index contributed by atoms with van der Waals surface area (Å²) in [6.45, 7) is 5.41. The molecule has 1 aliphatic heterocycles. The van der Waals surface area contributed by atoms with Crippen LogP contribution in [0.15, 0.2) is 12.1 Å². The number of carbonyl (C=O) groups is 1. The Morgan fingerprint density at radius 1 is 1.11 bits per heavy atom. The molecule has 1 aromatic carbocycles. The summed E-state index contributed by atoms with van der Waals surface area (Å²) < 4.78 is 39.0. The molecule has 104 valence electrons. The fourth-order valence-corrected chi connectivity index (χ4v) is 2.13. The number of halogens is 3. The Morgan fingerprint density at radius 3 is 2.11 bits per heavy atom. The van der Waals surface area contributed by atoms with Gasteiger partial charge >= 0.3 is 0 Å². The molecule has 0 atom stereocenters. The molecule has 0 N–H and O–H groups in total. The molecule has 0 spiro atoms. The highest BCUT2D eigenvalue weighted by Gasteiger charge is 2.23.